The maximum absolute atomic E-state index is 8.85. The number of hydrogen-bond acceptors (Lipinski definition) is 4. The van der Waals surface area contributed by atoms with Crippen molar-refractivity contribution in [2.24, 2.45) is 0 Å². The molecule has 0 saturated carbocycles. The van der Waals surface area contributed by atoms with E-state index in [2.05, 4.69) is 28.9 Å². The number of nitrogens with zero attached hydrogens (tertiary/aromatic N) is 3. The highest BCUT2D eigenvalue weighted by molar-refractivity contribution is 5.82. The van der Waals surface area contributed by atoms with E-state index in [0.717, 1.165) is 43.7 Å². The third-order valence-electron chi connectivity index (χ3n) is 3.79. The predicted octanol–water partition coefficient (Wildman–Crippen LogP) is 2.45. The monoisotopic (exact) mass is 255 g/mol. The SMILES string of the molecule is CCN1CCN(c2ccc3oc(C#N)cc3c2)CC1. The van der Waals surface area contributed by atoms with Gasteiger partial charge in [0, 0.05) is 43.3 Å². The molecule has 1 aromatic carbocycles. The van der Waals surface area contributed by atoms with E-state index in [0.29, 0.717) is 5.76 Å². The van der Waals surface area contributed by atoms with E-state index >= 15 is 0 Å². The number of rotatable bonds is 2. The molecule has 0 bridgehead atoms. The van der Waals surface area contributed by atoms with E-state index < -0.39 is 0 Å². The molecular formula is C15H17N3O. The molecule has 98 valence electrons. The maximum atomic E-state index is 8.85. The summed E-state index contributed by atoms with van der Waals surface area (Å²) < 4.78 is 5.41. The highest BCUT2D eigenvalue weighted by Crippen LogP contribution is 2.25. The van der Waals surface area contributed by atoms with Crippen LogP contribution in [0.4, 0.5) is 5.69 Å². The first-order valence-electron chi connectivity index (χ1n) is 6.71. The number of fused-ring (bicyclic) bond motifs is 1. The van der Waals surface area contributed by atoms with Crippen LogP contribution in [0.15, 0.2) is 28.7 Å². The third kappa shape index (κ3) is 2.29. The summed E-state index contributed by atoms with van der Waals surface area (Å²) in [6, 6.07) is 9.99. The van der Waals surface area contributed by atoms with Gasteiger partial charge in [-0.3, -0.25) is 0 Å². The maximum Gasteiger partial charge on any atom is 0.204 e. The van der Waals surface area contributed by atoms with Crippen LogP contribution in [-0.2, 0) is 0 Å². The van der Waals surface area contributed by atoms with Gasteiger partial charge in [0.15, 0.2) is 0 Å². The van der Waals surface area contributed by atoms with E-state index in [1.807, 2.05) is 12.1 Å². The minimum atomic E-state index is 0.378. The summed E-state index contributed by atoms with van der Waals surface area (Å²) in [5, 5.41) is 9.86. The summed E-state index contributed by atoms with van der Waals surface area (Å²) >= 11 is 0. The van der Waals surface area contributed by atoms with Crippen molar-refractivity contribution in [2.75, 3.05) is 37.6 Å². The van der Waals surface area contributed by atoms with Crippen molar-refractivity contribution < 1.29 is 4.42 Å². The lowest BCUT2D eigenvalue weighted by atomic mass is 10.2. The second-order valence-electron chi connectivity index (χ2n) is 4.87. The molecule has 0 radical (unpaired) electrons. The Labute approximate surface area is 112 Å². The Morgan fingerprint density at radius 3 is 2.68 bits per heavy atom. The van der Waals surface area contributed by atoms with Gasteiger partial charge in [0.2, 0.25) is 5.76 Å². The van der Waals surface area contributed by atoms with Gasteiger partial charge in [0.1, 0.15) is 11.7 Å². The van der Waals surface area contributed by atoms with Gasteiger partial charge in [0.25, 0.3) is 0 Å². The fourth-order valence-corrected chi connectivity index (χ4v) is 2.60. The number of likely N-dealkylation sites (N-methyl/N-ethyl adjacent to an activating group) is 1. The zero-order chi connectivity index (χ0) is 13.2. The molecule has 0 atom stereocenters. The molecule has 19 heavy (non-hydrogen) atoms. The van der Waals surface area contributed by atoms with Crippen molar-refractivity contribution in [3.8, 4) is 6.07 Å². The van der Waals surface area contributed by atoms with Crippen LogP contribution in [-0.4, -0.2) is 37.6 Å². The molecule has 0 unspecified atom stereocenters. The quantitative estimate of drug-likeness (QED) is 0.826. The Morgan fingerprint density at radius 2 is 2.00 bits per heavy atom. The first-order chi connectivity index (χ1) is 9.30. The standard InChI is InChI=1S/C15H17N3O/c1-2-17-5-7-18(8-6-17)13-3-4-15-12(9-13)10-14(11-16)19-15/h3-4,9-10H,2,5-8H2,1H3. The van der Waals surface area contributed by atoms with Gasteiger partial charge in [-0.1, -0.05) is 6.92 Å². The molecule has 0 amide bonds. The normalized spacial score (nSPS) is 16.7. The van der Waals surface area contributed by atoms with Crippen molar-refractivity contribution in [3.05, 3.63) is 30.0 Å². The second kappa shape index (κ2) is 4.94. The summed E-state index contributed by atoms with van der Waals surface area (Å²) in [4.78, 5) is 4.85. The van der Waals surface area contributed by atoms with Crippen LogP contribution in [0.2, 0.25) is 0 Å². The number of nitriles is 1. The van der Waals surface area contributed by atoms with Crippen molar-refractivity contribution in [2.45, 2.75) is 6.92 Å². The fourth-order valence-electron chi connectivity index (χ4n) is 2.60. The minimum absolute atomic E-state index is 0.378. The molecule has 2 heterocycles. The molecule has 1 aliphatic rings. The summed E-state index contributed by atoms with van der Waals surface area (Å²) in [6.45, 7) is 7.67. The van der Waals surface area contributed by atoms with Crippen molar-refractivity contribution in [1.29, 1.82) is 5.26 Å². The van der Waals surface area contributed by atoms with Crippen LogP contribution in [0.3, 0.4) is 0 Å². The topological polar surface area (TPSA) is 43.4 Å². The summed E-state index contributed by atoms with van der Waals surface area (Å²) in [6.07, 6.45) is 0. The van der Waals surface area contributed by atoms with Crippen LogP contribution in [0.1, 0.15) is 12.7 Å². The Hall–Kier alpha value is -1.99. The van der Waals surface area contributed by atoms with Crippen molar-refractivity contribution in [1.82, 2.24) is 4.90 Å². The molecule has 0 aliphatic carbocycles. The molecular weight excluding hydrogens is 238 g/mol. The van der Waals surface area contributed by atoms with Crippen molar-refractivity contribution in [3.63, 3.8) is 0 Å². The Morgan fingerprint density at radius 1 is 1.21 bits per heavy atom. The van der Waals surface area contributed by atoms with E-state index in [9.17, 15) is 0 Å². The third-order valence-corrected chi connectivity index (χ3v) is 3.79. The van der Waals surface area contributed by atoms with E-state index in [1.54, 1.807) is 6.07 Å². The molecule has 4 nitrogen and oxygen atoms in total. The zero-order valence-electron chi connectivity index (χ0n) is 11.1. The van der Waals surface area contributed by atoms with E-state index in [1.165, 1.54) is 5.69 Å². The number of hydrogen-bond donors (Lipinski definition) is 0. The van der Waals surface area contributed by atoms with Crippen molar-refractivity contribution >= 4 is 16.7 Å². The molecule has 3 rings (SSSR count). The minimum Gasteiger partial charge on any atom is -0.446 e. The largest absolute Gasteiger partial charge is 0.446 e. The van der Waals surface area contributed by atoms with E-state index in [4.69, 9.17) is 9.68 Å². The van der Waals surface area contributed by atoms with E-state index in [-0.39, 0.29) is 0 Å². The number of anilines is 1. The zero-order valence-corrected chi connectivity index (χ0v) is 11.1. The molecule has 1 aliphatic heterocycles. The molecule has 1 saturated heterocycles. The van der Waals surface area contributed by atoms with Crippen LogP contribution in [0.5, 0.6) is 0 Å². The van der Waals surface area contributed by atoms with Crippen LogP contribution in [0, 0.1) is 11.3 Å². The van der Waals surface area contributed by atoms with Crippen LogP contribution < -0.4 is 4.90 Å². The lowest BCUT2D eigenvalue weighted by molar-refractivity contribution is 0.271. The van der Waals surface area contributed by atoms with Crippen LogP contribution >= 0.6 is 0 Å². The molecule has 1 fully saturated rings. The Kier molecular flexibility index (Phi) is 3.14. The van der Waals surface area contributed by atoms with Gasteiger partial charge < -0.3 is 14.2 Å². The van der Waals surface area contributed by atoms with Gasteiger partial charge in [-0.15, -0.1) is 0 Å². The predicted molar refractivity (Wildman–Crippen MR) is 75.3 cm³/mol. The fraction of sp³-hybridized carbons (Fsp3) is 0.400. The molecule has 2 aromatic rings. The van der Waals surface area contributed by atoms with Gasteiger partial charge in [-0.25, -0.2) is 0 Å². The second-order valence-corrected chi connectivity index (χ2v) is 4.87. The van der Waals surface area contributed by atoms with Crippen LogP contribution in [0.25, 0.3) is 11.0 Å². The van der Waals surface area contributed by atoms with Gasteiger partial charge >= 0.3 is 0 Å². The number of furan rings is 1. The van der Waals surface area contributed by atoms with Gasteiger partial charge in [0.05, 0.1) is 0 Å². The molecule has 0 N–H and O–H groups in total. The molecule has 1 aromatic heterocycles. The number of piperazine rings is 1. The average molecular weight is 255 g/mol. The lowest BCUT2D eigenvalue weighted by Crippen LogP contribution is -2.46. The van der Waals surface area contributed by atoms with Gasteiger partial charge in [-0.05, 0) is 24.7 Å². The molecule has 4 heteroatoms. The first-order valence-corrected chi connectivity index (χ1v) is 6.71. The summed E-state index contributed by atoms with van der Waals surface area (Å²) in [5.41, 5.74) is 2.00. The first kappa shape index (κ1) is 12.1. The smallest absolute Gasteiger partial charge is 0.204 e. The highest BCUT2D eigenvalue weighted by atomic mass is 16.3. The molecule has 0 spiro atoms. The van der Waals surface area contributed by atoms with Gasteiger partial charge in [-0.2, -0.15) is 5.26 Å². The Bertz CT molecular complexity index is 618. The summed E-state index contributed by atoms with van der Waals surface area (Å²) in [7, 11) is 0. The number of benzene rings is 1. The summed E-state index contributed by atoms with van der Waals surface area (Å²) in [5.74, 6) is 0.378. The Balaban J connectivity index is 1.83. The highest BCUT2D eigenvalue weighted by Gasteiger charge is 2.16. The average Bonchev–Trinajstić information content (AvgIpc) is 2.89. The lowest BCUT2D eigenvalue weighted by Gasteiger charge is -2.35.